The van der Waals surface area contributed by atoms with Gasteiger partial charge in [-0.25, -0.2) is 9.97 Å². The molecule has 1 aromatic carbocycles. The van der Waals surface area contributed by atoms with Crippen molar-refractivity contribution in [1.29, 1.82) is 0 Å². The zero-order chi connectivity index (χ0) is 29.4. The Hall–Kier alpha value is -3.77. The molecule has 3 heterocycles. The van der Waals surface area contributed by atoms with Gasteiger partial charge in [-0.15, -0.1) is 6.42 Å². The number of aliphatic imine (C=N–C) groups is 1. The maximum absolute atomic E-state index is 13.2. The zero-order valence-electron chi connectivity index (χ0n) is 23.9. The average molecular weight is 573 g/mol. The van der Waals surface area contributed by atoms with Gasteiger partial charge in [0, 0.05) is 55.8 Å². The Balaban J connectivity index is 1.42. The van der Waals surface area contributed by atoms with Crippen molar-refractivity contribution < 1.29 is 9.53 Å². The number of ether oxygens (including phenoxy) is 1. The predicted molar refractivity (Wildman–Crippen MR) is 168 cm³/mol. The Kier molecular flexibility index (Phi) is 10.5. The second kappa shape index (κ2) is 14.2. The maximum Gasteiger partial charge on any atom is 0.227 e. The first-order valence-electron chi connectivity index (χ1n) is 13.9. The van der Waals surface area contributed by atoms with Crippen LogP contribution in [0.4, 0.5) is 11.6 Å². The van der Waals surface area contributed by atoms with Gasteiger partial charge in [0.05, 0.1) is 33.7 Å². The van der Waals surface area contributed by atoms with Crippen LogP contribution in [0.2, 0.25) is 5.02 Å². The highest BCUT2D eigenvalue weighted by molar-refractivity contribution is 6.35. The number of aromatic nitrogens is 3. The fourth-order valence-electron chi connectivity index (χ4n) is 5.10. The number of hydrogen-bond donors (Lipinski definition) is 2. The normalized spacial score (nSPS) is 15.1. The molecule has 8 nitrogen and oxygen atoms in total. The summed E-state index contributed by atoms with van der Waals surface area (Å²) in [6, 6.07) is 7.73. The fraction of sp³-hybridized carbons (Fsp3) is 0.375. The van der Waals surface area contributed by atoms with Crippen LogP contribution in [0.1, 0.15) is 62.1 Å². The minimum atomic E-state index is -0.0949. The summed E-state index contributed by atoms with van der Waals surface area (Å²) in [5.41, 5.74) is 3.58. The minimum Gasteiger partial charge on any atom is -0.379 e. The van der Waals surface area contributed by atoms with Gasteiger partial charge in [-0.05, 0) is 62.4 Å². The van der Waals surface area contributed by atoms with E-state index in [1.807, 2.05) is 19.1 Å². The molecule has 41 heavy (non-hydrogen) atoms. The van der Waals surface area contributed by atoms with E-state index in [1.165, 1.54) is 0 Å². The first-order valence-corrected chi connectivity index (χ1v) is 14.3. The van der Waals surface area contributed by atoms with Gasteiger partial charge in [0.25, 0.3) is 0 Å². The van der Waals surface area contributed by atoms with Crippen molar-refractivity contribution >= 4 is 51.8 Å². The molecule has 1 unspecified atom stereocenters. The number of H-pyrrole nitrogens is 1. The van der Waals surface area contributed by atoms with Gasteiger partial charge in [0.1, 0.15) is 0 Å². The van der Waals surface area contributed by atoms with Gasteiger partial charge in [-0.2, -0.15) is 0 Å². The van der Waals surface area contributed by atoms with E-state index in [2.05, 4.69) is 49.6 Å². The number of allylic oxidation sites excluding steroid dienone is 2. The number of terminal acetylenes is 1. The molecule has 214 valence electrons. The first-order chi connectivity index (χ1) is 19.9. The lowest BCUT2D eigenvalue weighted by Crippen LogP contribution is -2.56. The lowest BCUT2D eigenvalue weighted by Gasteiger charge is -2.43. The highest BCUT2D eigenvalue weighted by Gasteiger charge is 2.31. The Morgan fingerprint density at radius 2 is 2.20 bits per heavy atom. The molecule has 0 aliphatic carbocycles. The molecule has 1 aliphatic rings. The standard InChI is InChI=1S/C32H37ClN6O2/c1-6-10-24(39-19-25(20-39)41-5)13-9-12-21(4)31(40)29-17-22-16-23(18-26(33)30(22)37-29)36-32-35-15-14-28(38-32)27(11-7-2)34-8-3/h2,8,11,14-18,24-25,37H,4,6,9-10,12-13,19-20H2,1,3,5H3,(H,35,36,38). The number of hydrogen-bond acceptors (Lipinski definition) is 7. The van der Waals surface area contributed by atoms with Crippen molar-refractivity contribution in [2.24, 2.45) is 4.99 Å². The van der Waals surface area contributed by atoms with E-state index in [0.717, 1.165) is 44.2 Å². The van der Waals surface area contributed by atoms with Crippen molar-refractivity contribution in [3.05, 3.63) is 65.1 Å². The number of ketones is 1. The van der Waals surface area contributed by atoms with E-state index in [9.17, 15) is 4.79 Å². The third-order valence-corrected chi connectivity index (χ3v) is 7.57. The number of anilines is 2. The summed E-state index contributed by atoms with van der Waals surface area (Å²) < 4.78 is 5.43. The van der Waals surface area contributed by atoms with Crippen molar-refractivity contribution in [2.45, 2.75) is 58.1 Å². The summed E-state index contributed by atoms with van der Waals surface area (Å²) in [5.74, 6) is 2.75. The topological polar surface area (TPSA) is 95.5 Å². The van der Waals surface area contributed by atoms with E-state index in [1.54, 1.807) is 37.7 Å². The summed E-state index contributed by atoms with van der Waals surface area (Å²) in [6.07, 6.45) is 15.5. The number of carbonyl (C=O) groups is 1. The molecule has 0 spiro atoms. The maximum atomic E-state index is 13.2. The van der Waals surface area contributed by atoms with Crippen LogP contribution in [0.3, 0.4) is 0 Å². The van der Waals surface area contributed by atoms with Crippen molar-refractivity contribution in [3.63, 3.8) is 0 Å². The molecule has 0 bridgehead atoms. The molecular formula is C32H37ClN6O2. The summed E-state index contributed by atoms with van der Waals surface area (Å²) >= 11 is 6.60. The number of halogens is 1. The molecule has 2 aromatic heterocycles. The lowest BCUT2D eigenvalue weighted by molar-refractivity contribution is -0.0540. The molecule has 4 rings (SSSR count). The number of carbonyl (C=O) groups excluding carboxylic acids is 1. The number of benzene rings is 1. The number of fused-ring (bicyclic) bond motifs is 1. The van der Waals surface area contributed by atoms with Crippen LogP contribution < -0.4 is 5.32 Å². The van der Waals surface area contributed by atoms with Crippen LogP contribution in [-0.4, -0.2) is 64.2 Å². The van der Waals surface area contributed by atoms with Gasteiger partial charge in [0.15, 0.2) is 0 Å². The highest BCUT2D eigenvalue weighted by Crippen LogP contribution is 2.31. The average Bonchev–Trinajstić information content (AvgIpc) is 3.37. The molecule has 9 heteroatoms. The number of Topliss-reactive ketones (excluding diaryl/α,β-unsaturated/α-hetero) is 1. The van der Waals surface area contributed by atoms with Gasteiger partial charge in [-0.1, -0.05) is 37.4 Å². The van der Waals surface area contributed by atoms with E-state index >= 15 is 0 Å². The second-order valence-corrected chi connectivity index (χ2v) is 10.6. The van der Waals surface area contributed by atoms with Crippen LogP contribution in [0.5, 0.6) is 0 Å². The molecule has 1 saturated heterocycles. The Morgan fingerprint density at radius 1 is 1.39 bits per heavy atom. The second-order valence-electron chi connectivity index (χ2n) is 10.2. The predicted octanol–water partition coefficient (Wildman–Crippen LogP) is 6.83. The summed E-state index contributed by atoms with van der Waals surface area (Å²) in [4.78, 5) is 32.0. The van der Waals surface area contributed by atoms with Crippen LogP contribution >= 0.6 is 11.6 Å². The van der Waals surface area contributed by atoms with Crippen molar-refractivity contribution in [2.75, 3.05) is 25.5 Å². The number of likely N-dealkylation sites (tertiary alicyclic amines) is 1. The number of nitrogens with one attached hydrogen (secondary N) is 2. The lowest BCUT2D eigenvalue weighted by atomic mass is 9.96. The largest absolute Gasteiger partial charge is 0.379 e. The molecule has 0 radical (unpaired) electrons. The molecule has 1 atom stereocenters. The first kappa shape index (κ1) is 30.2. The number of aromatic amines is 1. The molecule has 0 saturated carbocycles. The third-order valence-electron chi connectivity index (χ3n) is 7.27. The Bertz CT molecular complexity index is 1500. The van der Waals surface area contributed by atoms with Crippen LogP contribution in [0.15, 0.2) is 53.7 Å². The van der Waals surface area contributed by atoms with Crippen LogP contribution in [0, 0.1) is 12.3 Å². The van der Waals surface area contributed by atoms with E-state index in [-0.39, 0.29) is 5.78 Å². The highest BCUT2D eigenvalue weighted by atomic mass is 35.5. The van der Waals surface area contributed by atoms with E-state index < -0.39 is 0 Å². The number of nitrogens with zero attached hydrogens (tertiary/aromatic N) is 4. The molecule has 2 N–H and O–H groups in total. The third kappa shape index (κ3) is 7.50. The Morgan fingerprint density at radius 3 is 2.90 bits per heavy atom. The van der Waals surface area contributed by atoms with E-state index in [4.69, 9.17) is 22.8 Å². The van der Waals surface area contributed by atoms with Gasteiger partial charge >= 0.3 is 0 Å². The zero-order valence-corrected chi connectivity index (χ0v) is 24.7. The molecule has 3 aromatic rings. The monoisotopic (exact) mass is 572 g/mol. The number of rotatable bonds is 14. The molecule has 0 amide bonds. The molecule has 1 aliphatic heterocycles. The van der Waals surface area contributed by atoms with Gasteiger partial charge < -0.3 is 15.0 Å². The fourth-order valence-corrected chi connectivity index (χ4v) is 5.37. The smallest absolute Gasteiger partial charge is 0.227 e. The van der Waals surface area contributed by atoms with Crippen molar-refractivity contribution in [1.82, 2.24) is 19.9 Å². The van der Waals surface area contributed by atoms with E-state index in [0.29, 0.717) is 63.4 Å². The van der Waals surface area contributed by atoms with Gasteiger partial charge in [0.2, 0.25) is 11.7 Å². The molecular weight excluding hydrogens is 536 g/mol. The number of methoxy groups -OCH3 is 1. The van der Waals surface area contributed by atoms with Crippen LogP contribution in [0.25, 0.3) is 16.6 Å². The SMILES string of the molecule is C#CC=C(N=CC)c1ccnc(Nc2cc(Cl)c3[nH]c(C(=O)C(=C)CCCC(CCC)N4CC(OC)C4)cc3c2)n1. The summed E-state index contributed by atoms with van der Waals surface area (Å²) in [5, 5.41) is 4.45. The Labute approximate surface area is 247 Å². The van der Waals surface area contributed by atoms with Gasteiger partial charge in [-0.3, -0.25) is 14.7 Å². The van der Waals surface area contributed by atoms with Crippen molar-refractivity contribution in [3.8, 4) is 12.3 Å². The minimum absolute atomic E-state index is 0.0949. The quantitative estimate of drug-likeness (QED) is 0.0951. The summed E-state index contributed by atoms with van der Waals surface area (Å²) in [6.45, 7) is 10.1. The summed E-state index contributed by atoms with van der Waals surface area (Å²) in [7, 11) is 1.77. The van der Waals surface area contributed by atoms with Crippen LogP contribution in [-0.2, 0) is 4.74 Å². The molecule has 1 fully saturated rings.